The summed E-state index contributed by atoms with van der Waals surface area (Å²) in [7, 11) is 0. The molecule has 1 saturated carbocycles. The lowest BCUT2D eigenvalue weighted by molar-refractivity contribution is -0.132. The van der Waals surface area contributed by atoms with E-state index in [9.17, 15) is 4.79 Å². The van der Waals surface area contributed by atoms with Gasteiger partial charge in [-0.05, 0) is 19.4 Å². The predicted molar refractivity (Wildman–Crippen MR) is 67.3 cm³/mol. The molecular formula is C13H24N2O. The third kappa shape index (κ3) is 3.97. The van der Waals surface area contributed by atoms with Crippen molar-refractivity contribution in [1.82, 2.24) is 10.2 Å². The summed E-state index contributed by atoms with van der Waals surface area (Å²) in [6, 6.07) is 0.465. The first-order valence-electron chi connectivity index (χ1n) is 6.40. The summed E-state index contributed by atoms with van der Waals surface area (Å²) in [5, 5.41) is 3.19. The Balaban J connectivity index is 2.41. The minimum absolute atomic E-state index is 0.271. The van der Waals surface area contributed by atoms with E-state index in [0.29, 0.717) is 19.0 Å². The van der Waals surface area contributed by atoms with Crippen LogP contribution in [0.3, 0.4) is 0 Å². The summed E-state index contributed by atoms with van der Waals surface area (Å²) in [5.74, 6) is 0.271. The zero-order valence-electron chi connectivity index (χ0n) is 10.4. The fourth-order valence-electron chi connectivity index (χ4n) is 2.33. The van der Waals surface area contributed by atoms with Gasteiger partial charge in [0.05, 0.1) is 0 Å². The molecule has 1 N–H and O–H groups in total. The van der Waals surface area contributed by atoms with Crippen LogP contribution in [-0.4, -0.2) is 36.5 Å². The molecule has 1 aliphatic rings. The maximum absolute atomic E-state index is 12.0. The Morgan fingerprint density at radius 2 is 2.19 bits per heavy atom. The lowest BCUT2D eigenvalue weighted by Gasteiger charge is -2.28. The van der Waals surface area contributed by atoms with E-state index in [1.165, 1.54) is 25.7 Å². The number of amides is 1. The molecule has 0 heterocycles. The van der Waals surface area contributed by atoms with Crippen LogP contribution in [-0.2, 0) is 4.79 Å². The molecule has 0 spiro atoms. The third-order valence-corrected chi connectivity index (χ3v) is 3.18. The highest BCUT2D eigenvalue weighted by atomic mass is 16.2. The third-order valence-electron chi connectivity index (χ3n) is 3.18. The Morgan fingerprint density at radius 1 is 1.50 bits per heavy atom. The highest BCUT2D eigenvalue weighted by Crippen LogP contribution is 2.23. The van der Waals surface area contributed by atoms with Gasteiger partial charge in [-0.1, -0.05) is 25.8 Å². The van der Waals surface area contributed by atoms with Crippen molar-refractivity contribution in [3.8, 4) is 0 Å². The van der Waals surface area contributed by atoms with E-state index in [2.05, 4.69) is 18.8 Å². The number of nitrogens with one attached hydrogen (secondary N) is 1. The Labute approximate surface area is 98.9 Å². The average molecular weight is 224 g/mol. The molecule has 16 heavy (non-hydrogen) atoms. The van der Waals surface area contributed by atoms with Crippen LogP contribution in [0.2, 0.25) is 0 Å². The lowest BCUT2D eigenvalue weighted by atomic mass is 10.2. The fourth-order valence-corrected chi connectivity index (χ4v) is 2.33. The second kappa shape index (κ2) is 7.44. The molecule has 0 radical (unpaired) electrons. The van der Waals surface area contributed by atoms with Crippen molar-refractivity contribution in [2.75, 3.05) is 19.6 Å². The van der Waals surface area contributed by atoms with Gasteiger partial charge in [0.25, 0.3) is 0 Å². The normalized spacial score (nSPS) is 16.3. The SMILES string of the molecule is C=CCN(C(=O)CCNCC)C1CCCC1. The summed E-state index contributed by atoms with van der Waals surface area (Å²) in [6.45, 7) is 8.22. The molecule has 0 atom stereocenters. The van der Waals surface area contributed by atoms with Crippen LogP contribution in [0.15, 0.2) is 12.7 Å². The number of nitrogens with zero attached hydrogens (tertiary/aromatic N) is 1. The first kappa shape index (κ1) is 13.2. The first-order valence-corrected chi connectivity index (χ1v) is 6.40. The molecule has 3 nitrogen and oxygen atoms in total. The molecule has 0 aromatic rings. The summed E-state index contributed by atoms with van der Waals surface area (Å²) >= 11 is 0. The number of carbonyl (C=O) groups excluding carboxylic acids is 1. The van der Waals surface area contributed by atoms with E-state index in [4.69, 9.17) is 0 Å². The summed E-state index contributed by atoms with van der Waals surface area (Å²) in [4.78, 5) is 14.0. The van der Waals surface area contributed by atoms with Gasteiger partial charge in [-0.2, -0.15) is 0 Å². The van der Waals surface area contributed by atoms with Gasteiger partial charge in [0.1, 0.15) is 0 Å². The van der Waals surface area contributed by atoms with Crippen LogP contribution in [0.4, 0.5) is 0 Å². The summed E-state index contributed by atoms with van der Waals surface area (Å²) in [6.07, 6.45) is 7.31. The van der Waals surface area contributed by atoms with E-state index < -0.39 is 0 Å². The highest BCUT2D eigenvalue weighted by Gasteiger charge is 2.24. The Kier molecular flexibility index (Phi) is 6.16. The molecule has 1 rings (SSSR count). The molecule has 1 amide bonds. The minimum atomic E-state index is 0.271. The van der Waals surface area contributed by atoms with E-state index >= 15 is 0 Å². The highest BCUT2D eigenvalue weighted by molar-refractivity contribution is 5.77. The average Bonchev–Trinajstić information content (AvgIpc) is 2.79. The molecule has 0 aliphatic heterocycles. The van der Waals surface area contributed by atoms with Crippen LogP contribution in [0, 0.1) is 0 Å². The lowest BCUT2D eigenvalue weighted by Crippen LogP contribution is -2.40. The van der Waals surface area contributed by atoms with E-state index in [-0.39, 0.29) is 5.91 Å². The molecule has 0 aromatic carbocycles. The second-order valence-corrected chi connectivity index (χ2v) is 4.38. The van der Waals surface area contributed by atoms with Crippen molar-refractivity contribution >= 4 is 5.91 Å². The maximum atomic E-state index is 12.0. The van der Waals surface area contributed by atoms with Crippen LogP contribution < -0.4 is 5.32 Å². The number of rotatable bonds is 7. The van der Waals surface area contributed by atoms with Crippen molar-refractivity contribution in [3.63, 3.8) is 0 Å². The van der Waals surface area contributed by atoms with Crippen molar-refractivity contribution in [1.29, 1.82) is 0 Å². The van der Waals surface area contributed by atoms with Crippen LogP contribution in [0.1, 0.15) is 39.0 Å². The number of hydrogen-bond acceptors (Lipinski definition) is 2. The zero-order chi connectivity index (χ0) is 11.8. The van der Waals surface area contributed by atoms with Crippen LogP contribution in [0.5, 0.6) is 0 Å². The molecule has 3 heteroatoms. The molecule has 0 saturated heterocycles. The first-order chi connectivity index (χ1) is 7.79. The Hall–Kier alpha value is -0.830. The Morgan fingerprint density at radius 3 is 2.75 bits per heavy atom. The van der Waals surface area contributed by atoms with Gasteiger partial charge in [0.2, 0.25) is 5.91 Å². The predicted octanol–water partition coefficient (Wildman–Crippen LogP) is 1.94. The standard InChI is InChI=1S/C13H24N2O/c1-3-11-15(12-7-5-6-8-12)13(16)9-10-14-4-2/h3,12,14H,1,4-11H2,2H3. The quantitative estimate of drug-likeness (QED) is 0.529. The molecule has 92 valence electrons. The van der Waals surface area contributed by atoms with E-state index in [0.717, 1.165) is 13.1 Å². The van der Waals surface area contributed by atoms with Gasteiger partial charge in [-0.3, -0.25) is 4.79 Å². The molecule has 1 aliphatic carbocycles. The summed E-state index contributed by atoms with van der Waals surface area (Å²) in [5.41, 5.74) is 0. The largest absolute Gasteiger partial charge is 0.336 e. The van der Waals surface area contributed by atoms with Crippen molar-refractivity contribution < 1.29 is 4.79 Å². The van der Waals surface area contributed by atoms with Crippen molar-refractivity contribution in [2.24, 2.45) is 0 Å². The molecule has 0 bridgehead atoms. The number of hydrogen-bond donors (Lipinski definition) is 1. The smallest absolute Gasteiger partial charge is 0.224 e. The van der Waals surface area contributed by atoms with Crippen molar-refractivity contribution in [2.45, 2.75) is 45.1 Å². The van der Waals surface area contributed by atoms with Gasteiger partial charge < -0.3 is 10.2 Å². The maximum Gasteiger partial charge on any atom is 0.224 e. The topological polar surface area (TPSA) is 32.3 Å². The van der Waals surface area contributed by atoms with Gasteiger partial charge in [-0.15, -0.1) is 6.58 Å². The second-order valence-electron chi connectivity index (χ2n) is 4.38. The van der Waals surface area contributed by atoms with Gasteiger partial charge >= 0.3 is 0 Å². The zero-order valence-corrected chi connectivity index (χ0v) is 10.4. The monoisotopic (exact) mass is 224 g/mol. The molecule has 0 aromatic heterocycles. The minimum Gasteiger partial charge on any atom is -0.336 e. The molecular weight excluding hydrogens is 200 g/mol. The number of carbonyl (C=O) groups is 1. The van der Waals surface area contributed by atoms with Gasteiger partial charge in [0, 0.05) is 25.6 Å². The summed E-state index contributed by atoms with van der Waals surface area (Å²) < 4.78 is 0. The molecule has 1 fully saturated rings. The van der Waals surface area contributed by atoms with E-state index in [1.807, 2.05) is 11.0 Å². The Bertz CT molecular complexity index is 222. The van der Waals surface area contributed by atoms with Crippen LogP contribution >= 0.6 is 0 Å². The fraction of sp³-hybridized carbons (Fsp3) is 0.769. The van der Waals surface area contributed by atoms with E-state index in [1.54, 1.807) is 0 Å². The van der Waals surface area contributed by atoms with Crippen molar-refractivity contribution in [3.05, 3.63) is 12.7 Å². The van der Waals surface area contributed by atoms with Crippen LogP contribution in [0.25, 0.3) is 0 Å². The molecule has 0 unspecified atom stereocenters. The van der Waals surface area contributed by atoms with Gasteiger partial charge in [0.15, 0.2) is 0 Å². The van der Waals surface area contributed by atoms with Gasteiger partial charge in [-0.25, -0.2) is 0 Å².